The summed E-state index contributed by atoms with van der Waals surface area (Å²) in [7, 11) is 0. The summed E-state index contributed by atoms with van der Waals surface area (Å²) in [5, 5.41) is 18.7. The van der Waals surface area contributed by atoms with Crippen molar-refractivity contribution in [2.75, 3.05) is 0 Å². The van der Waals surface area contributed by atoms with Crippen molar-refractivity contribution < 1.29 is 10.2 Å². The van der Waals surface area contributed by atoms with Gasteiger partial charge in [0, 0.05) is 0 Å². The molecular formula is C21H30O2. The third-order valence-electron chi connectivity index (χ3n) is 3.55. The molecular weight excluding hydrogens is 284 g/mol. The van der Waals surface area contributed by atoms with Gasteiger partial charge in [-0.25, -0.2) is 0 Å². The number of aromatic hydroxyl groups is 1. The first-order valence-corrected chi connectivity index (χ1v) is 8.13. The highest BCUT2D eigenvalue weighted by atomic mass is 16.3. The monoisotopic (exact) mass is 314 g/mol. The van der Waals surface area contributed by atoms with Crippen LogP contribution in [0.1, 0.15) is 52.0 Å². The van der Waals surface area contributed by atoms with Crippen LogP contribution >= 0.6 is 0 Å². The van der Waals surface area contributed by atoms with Crippen molar-refractivity contribution in [3.8, 4) is 5.75 Å². The Morgan fingerprint density at radius 2 is 1.70 bits per heavy atom. The SMILES string of the molecule is C=C(/C=C\C(O)=C/C)C(=C)CCC(C)c1ccc(O)cc1.CC. The summed E-state index contributed by atoms with van der Waals surface area (Å²) in [4.78, 5) is 0. The highest BCUT2D eigenvalue weighted by Gasteiger charge is 2.07. The first kappa shape index (κ1) is 20.8. The predicted molar refractivity (Wildman–Crippen MR) is 101 cm³/mol. The van der Waals surface area contributed by atoms with Crippen LogP contribution < -0.4 is 0 Å². The third kappa shape index (κ3) is 8.10. The summed E-state index contributed by atoms with van der Waals surface area (Å²) >= 11 is 0. The van der Waals surface area contributed by atoms with Gasteiger partial charge in [-0.15, -0.1) is 0 Å². The minimum atomic E-state index is 0.224. The summed E-state index contributed by atoms with van der Waals surface area (Å²) < 4.78 is 0. The molecule has 2 N–H and O–H groups in total. The zero-order valence-electron chi connectivity index (χ0n) is 14.8. The van der Waals surface area contributed by atoms with E-state index >= 15 is 0 Å². The van der Waals surface area contributed by atoms with E-state index in [9.17, 15) is 10.2 Å². The van der Waals surface area contributed by atoms with Gasteiger partial charge >= 0.3 is 0 Å². The lowest BCUT2D eigenvalue weighted by Gasteiger charge is -2.13. The van der Waals surface area contributed by atoms with E-state index in [0.717, 1.165) is 24.0 Å². The van der Waals surface area contributed by atoms with Crippen LogP contribution in [0, 0.1) is 0 Å². The van der Waals surface area contributed by atoms with E-state index in [1.54, 1.807) is 37.3 Å². The van der Waals surface area contributed by atoms with Crippen molar-refractivity contribution in [3.63, 3.8) is 0 Å². The minimum Gasteiger partial charge on any atom is -0.508 e. The molecule has 23 heavy (non-hydrogen) atoms. The second kappa shape index (κ2) is 11.4. The standard InChI is InChI=1S/C19H24O2.C2H6/c1-5-18(20)11-8-15(3)14(2)6-7-16(4)17-9-12-19(21)13-10-17;1-2/h5,8-13,16,20-21H,2-3,6-7H2,1,4H3;1-2H3/b11-8-,18-5+;. The number of hydrogen-bond donors (Lipinski definition) is 2. The first-order valence-electron chi connectivity index (χ1n) is 8.13. The van der Waals surface area contributed by atoms with Crippen LogP contribution in [0.4, 0.5) is 0 Å². The molecule has 0 aliphatic rings. The first-order chi connectivity index (χ1) is 10.9. The molecule has 0 saturated heterocycles. The average molecular weight is 314 g/mol. The number of phenolic OH excluding ortho intramolecular Hbond substituents is 1. The minimum absolute atomic E-state index is 0.224. The van der Waals surface area contributed by atoms with Crippen molar-refractivity contribution in [2.24, 2.45) is 0 Å². The Bertz CT molecular complexity index is 548. The van der Waals surface area contributed by atoms with Crippen LogP contribution in [-0.2, 0) is 0 Å². The van der Waals surface area contributed by atoms with Gasteiger partial charge in [0.05, 0.1) is 0 Å². The van der Waals surface area contributed by atoms with E-state index in [1.807, 2.05) is 26.0 Å². The molecule has 0 spiro atoms. The van der Waals surface area contributed by atoms with Gasteiger partial charge in [-0.3, -0.25) is 0 Å². The predicted octanol–water partition coefficient (Wildman–Crippen LogP) is 6.43. The molecule has 126 valence electrons. The Morgan fingerprint density at radius 3 is 2.22 bits per heavy atom. The molecule has 0 fully saturated rings. The van der Waals surface area contributed by atoms with Crippen molar-refractivity contribution in [1.82, 2.24) is 0 Å². The van der Waals surface area contributed by atoms with Gasteiger partial charge in [-0.05, 0) is 66.7 Å². The molecule has 0 bridgehead atoms. The Kier molecular flexibility index (Phi) is 10.3. The van der Waals surface area contributed by atoms with Crippen molar-refractivity contribution >= 4 is 0 Å². The zero-order valence-corrected chi connectivity index (χ0v) is 14.8. The van der Waals surface area contributed by atoms with E-state index in [2.05, 4.69) is 20.1 Å². The molecule has 1 aromatic rings. The molecule has 0 heterocycles. The molecule has 2 nitrogen and oxygen atoms in total. The Balaban J connectivity index is 0.00000232. The fourth-order valence-corrected chi connectivity index (χ4v) is 1.92. The number of aliphatic hydroxyl groups is 1. The number of aliphatic hydroxyl groups excluding tert-OH is 1. The van der Waals surface area contributed by atoms with Crippen LogP contribution in [0.15, 0.2) is 72.6 Å². The van der Waals surface area contributed by atoms with Crippen LogP contribution in [0.3, 0.4) is 0 Å². The van der Waals surface area contributed by atoms with Gasteiger partial charge in [-0.2, -0.15) is 0 Å². The van der Waals surface area contributed by atoms with E-state index in [4.69, 9.17) is 0 Å². The normalized spacial score (nSPS) is 12.4. The third-order valence-corrected chi connectivity index (χ3v) is 3.55. The molecule has 2 heteroatoms. The molecule has 0 aromatic heterocycles. The van der Waals surface area contributed by atoms with Crippen molar-refractivity contribution in [3.05, 3.63) is 78.1 Å². The summed E-state index contributed by atoms with van der Waals surface area (Å²) in [5.41, 5.74) is 3.01. The molecule has 1 rings (SSSR count). The van der Waals surface area contributed by atoms with Crippen LogP contribution in [0.25, 0.3) is 0 Å². The summed E-state index contributed by atoms with van der Waals surface area (Å²) in [5.74, 6) is 0.905. The maximum atomic E-state index is 9.36. The van der Waals surface area contributed by atoms with Gasteiger partial charge in [0.15, 0.2) is 0 Å². The lowest BCUT2D eigenvalue weighted by molar-refractivity contribution is 0.431. The summed E-state index contributed by atoms with van der Waals surface area (Å²) in [6.07, 6.45) is 6.84. The average Bonchev–Trinajstić information content (AvgIpc) is 2.59. The summed E-state index contributed by atoms with van der Waals surface area (Å²) in [6, 6.07) is 7.31. The zero-order chi connectivity index (χ0) is 17.8. The van der Waals surface area contributed by atoms with E-state index in [1.165, 1.54) is 5.56 Å². The smallest absolute Gasteiger partial charge is 0.115 e. The largest absolute Gasteiger partial charge is 0.508 e. The van der Waals surface area contributed by atoms with Crippen molar-refractivity contribution in [1.29, 1.82) is 0 Å². The molecule has 0 aliphatic carbocycles. The maximum Gasteiger partial charge on any atom is 0.115 e. The molecule has 0 amide bonds. The lowest BCUT2D eigenvalue weighted by Crippen LogP contribution is -1.95. The summed E-state index contributed by atoms with van der Waals surface area (Å²) in [6.45, 7) is 15.9. The van der Waals surface area contributed by atoms with Crippen LogP contribution in [0.5, 0.6) is 5.75 Å². The Hall–Kier alpha value is -2.22. The van der Waals surface area contributed by atoms with Crippen LogP contribution in [-0.4, -0.2) is 10.2 Å². The molecule has 1 atom stereocenters. The maximum absolute atomic E-state index is 9.36. The number of phenols is 1. The second-order valence-electron chi connectivity index (χ2n) is 5.21. The molecule has 1 unspecified atom stereocenters. The van der Waals surface area contributed by atoms with Crippen molar-refractivity contribution in [2.45, 2.75) is 46.5 Å². The van der Waals surface area contributed by atoms with Gasteiger partial charge < -0.3 is 10.2 Å². The molecule has 0 radical (unpaired) electrons. The molecule has 0 saturated carbocycles. The number of allylic oxidation sites excluding steroid dienone is 5. The highest BCUT2D eigenvalue weighted by Crippen LogP contribution is 2.25. The Labute approximate surface area is 141 Å². The lowest BCUT2D eigenvalue weighted by atomic mass is 9.92. The van der Waals surface area contributed by atoms with Gasteiger partial charge in [0.25, 0.3) is 0 Å². The highest BCUT2D eigenvalue weighted by molar-refractivity contribution is 5.37. The topological polar surface area (TPSA) is 40.5 Å². The van der Waals surface area contributed by atoms with E-state index < -0.39 is 0 Å². The Morgan fingerprint density at radius 1 is 1.13 bits per heavy atom. The molecule has 1 aromatic carbocycles. The number of hydrogen-bond acceptors (Lipinski definition) is 2. The quantitative estimate of drug-likeness (QED) is 0.449. The molecule has 0 aliphatic heterocycles. The fourth-order valence-electron chi connectivity index (χ4n) is 1.92. The van der Waals surface area contributed by atoms with Crippen LogP contribution in [0.2, 0.25) is 0 Å². The number of rotatable bonds is 7. The fraction of sp³-hybridized carbons (Fsp3) is 0.333. The second-order valence-corrected chi connectivity index (χ2v) is 5.21. The van der Waals surface area contributed by atoms with E-state index in [-0.39, 0.29) is 11.5 Å². The van der Waals surface area contributed by atoms with Gasteiger partial charge in [0.2, 0.25) is 0 Å². The van der Waals surface area contributed by atoms with Gasteiger partial charge in [-0.1, -0.05) is 52.1 Å². The van der Waals surface area contributed by atoms with Gasteiger partial charge in [0.1, 0.15) is 11.5 Å². The van der Waals surface area contributed by atoms with E-state index in [0.29, 0.717) is 5.92 Å². The number of benzene rings is 1.